The van der Waals surface area contributed by atoms with Crippen LogP contribution in [0.15, 0.2) is 12.2 Å². The van der Waals surface area contributed by atoms with Crippen molar-refractivity contribution < 1.29 is 9.90 Å². The van der Waals surface area contributed by atoms with Crippen LogP contribution in [0.4, 0.5) is 0 Å². The Labute approximate surface area is 65.3 Å². The average molecular weight is 160 g/mol. The van der Waals surface area contributed by atoms with Gasteiger partial charge in [-0.1, -0.05) is 6.08 Å². The maximum Gasteiger partial charge on any atom is 0.328 e. The van der Waals surface area contributed by atoms with Gasteiger partial charge in [0.25, 0.3) is 0 Å². The summed E-state index contributed by atoms with van der Waals surface area (Å²) in [5, 5.41) is 8.28. The van der Waals surface area contributed by atoms with Gasteiger partial charge in [0.05, 0.1) is 0 Å². The van der Waals surface area contributed by atoms with Gasteiger partial charge in [-0.2, -0.15) is 11.8 Å². The first-order chi connectivity index (χ1) is 4.48. The van der Waals surface area contributed by atoms with Crippen molar-refractivity contribution in [1.29, 1.82) is 0 Å². The van der Waals surface area contributed by atoms with Crippen molar-refractivity contribution in [2.75, 3.05) is 6.26 Å². The van der Waals surface area contributed by atoms with Gasteiger partial charge < -0.3 is 5.11 Å². The van der Waals surface area contributed by atoms with Gasteiger partial charge in [-0.25, -0.2) is 4.79 Å². The Balaban J connectivity index is 3.99. The van der Waals surface area contributed by atoms with E-state index in [9.17, 15) is 4.79 Å². The van der Waals surface area contributed by atoms with E-state index in [0.717, 1.165) is 0 Å². The van der Waals surface area contributed by atoms with Gasteiger partial charge >= 0.3 is 5.97 Å². The number of hydrogen-bond acceptors (Lipinski definition) is 2. The van der Waals surface area contributed by atoms with E-state index in [1.807, 2.05) is 20.1 Å². The third-order valence-electron chi connectivity index (χ3n) is 1.15. The van der Waals surface area contributed by atoms with Crippen LogP contribution in [0.3, 0.4) is 0 Å². The highest BCUT2D eigenvalue weighted by Gasteiger charge is 2.10. The van der Waals surface area contributed by atoms with E-state index in [2.05, 4.69) is 0 Å². The monoisotopic (exact) mass is 160 g/mol. The maximum absolute atomic E-state index is 10.1. The third kappa shape index (κ3) is 4.44. The normalized spacial score (nSPS) is 12.3. The summed E-state index contributed by atoms with van der Waals surface area (Å²) in [6.45, 7) is 3.94. The molecule has 0 aliphatic heterocycles. The lowest BCUT2D eigenvalue weighted by Crippen LogP contribution is -2.09. The second-order valence-electron chi connectivity index (χ2n) is 2.48. The Hall–Kier alpha value is -0.440. The molecule has 0 atom stereocenters. The van der Waals surface area contributed by atoms with E-state index in [1.165, 1.54) is 6.08 Å². The fourth-order valence-corrected chi connectivity index (χ4v) is 0.544. The van der Waals surface area contributed by atoms with Crippen molar-refractivity contribution >= 4 is 17.7 Å². The Morgan fingerprint density at radius 1 is 1.60 bits per heavy atom. The minimum Gasteiger partial charge on any atom is -0.478 e. The smallest absolute Gasteiger partial charge is 0.328 e. The quantitative estimate of drug-likeness (QED) is 0.639. The van der Waals surface area contributed by atoms with Gasteiger partial charge in [-0.05, 0) is 20.1 Å². The highest BCUT2D eigenvalue weighted by Crippen LogP contribution is 2.21. The van der Waals surface area contributed by atoms with Gasteiger partial charge in [0, 0.05) is 10.8 Å². The molecular weight excluding hydrogens is 148 g/mol. The summed E-state index contributed by atoms with van der Waals surface area (Å²) >= 11 is 1.62. The van der Waals surface area contributed by atoms with E-state index >= 15 is 0 Å². The van der Waals surface area contributed by atoms with Gasteiger partial charge in [0.15, 0.2) is 0 Å². The summed E-state index contributed by atoms with van der Waals surface area (Å²) in [7, 11) is 0. The minimum atomic E-state index is -0.887. The molecule has 0 fully saturated rings. The van der Waals surface area contributed by atoms with Crippen molar-refractivity contribution in [3.63, 3.8) is 0 Å². The summed E-state index contributed by atoms with van der Waals surface area (Å²) in [5.41, 5.74) is 0. The molecule has 0 saturated heterocycles. The van der Waals surface area contributed by atoms with Gasteiger partial charge in [0.2, 0.25) is 0 Å². The first kappa shape index (κ1) is 9.56. The fraction of sp³-hybridized carbons (Fsp3) is 0.571. The Morgan fingerprint density at radius 3 is 2.40 bits per heavy atom. The van der Waals surface area contributed by atoms with E-state index < -0.39 is 5.97 Å². The standard InChI is InChI=1S/C7H12O2S/c1-7(2,10-3)5-4-6(8)9/h4-5H,1-3H3,(H,8,9)/b5-4+. The summed E-state index contributed by atoms with van der Waals surface area (Å²) < 4.78 is -0.0710. The molecule has 0 spiro atoms. The zero-order valence-corrected chi connectivity index (χ0v) is 7.23. The summed E-state index contributed by atoms with van der Waals surface area (Å²) in [6.07, 6.45) is 4.81. The molecule has 58 valence electrons. The van der Waals surface area contributed by atoms with Crippen LogP contribution in [0.25, 0.3) is 0 Å². The molecule has 10 heavy (non-hydrogen) atoms. The van der Waals surface area contributed by atoms with Crippen molar-refractivity contribution in [1.82, 2.24) is 0 Å². The highest BCUT2D eigenvalue weighted by molar-refractivity contribution is 8.00. The molecule has 0 bridgehead atoms. The number of carboxylic acid groups (broad SMARTS) is 1. The molecule has 0 aromatic carbocycles. The first-order valence-electron chi connectivity index (χ1n) is 2.95. The molecule has 0 aliphatic rings. The molecule has 0 aromatic heterocycles. The van der Waals surface area contributed by atoms with Crippen molar-refractivity contribution in [2.45, 2.75) is 18.6 Å². The van der Waals surface area contributed by atoms with E-state index in [-0.39, 0.29) is 4.75 Å². The van der Waals surface area contributed by atoms with Crippen LogP contribution in [0.2, 0.25) is 0 Å². The van der Waals surface area contributed by atoms with E-state index in [1.54, 1.807) is 17.8 Å². The average Bonchev–Trinajstić information content (AvgIpc) is 1.85. The molecule has 0 heterocycles. The lowest BCUT2D eigenvalue weighted by Gasteiger charge is -2.15. The first-order valence-corrected chi connectivity index (χ1v) is 4.18. The topological polar surface area (TPSA) is 37.3 Å². The van der Waals surface area contributed by atoms with Crippen molar-refractivity contribution in [3.8, 4) is 0 Å². The zero-order valence-electron chi connectivity index (χ0n) is 6.42. The highest BCUT2D eigenvalue weighted by atomic mass is 32.2. The second kappa shape index (κ2) is 3.66. The van der Waals surface area contributed by atoms with E-state index in [0.29, 0.717) is 0 Å². The molecule has 0 radical (unpaired) electrons. The Morgan fingerprint density at radius 2 is 2.10 bits per heavy atom. The van der Waals surface area contributed by atoms with Crippen LogP contribution in [-0.4, -0.2) is 22.1 Å². The fourth-order valence-electron chi connectivity index (χ4n) is 0.340. The number of hydrogen-bond donors (Lipinski definition) is 1. The van der Waals surface area contributed by atoms with Crippen LogP contribution in [-0.2, 0) is 4.79 Å². The van der Waals surface area contributed by atoms with Gasteiger partial charge in [-0.3, -0.25) is 0 Å². The number of thioether (sulfide) groups is 1. The van der Waals surface area contributed by atoms with Crippen LogP contribution in [0.1, 0.15) is 13.8 Å². The predicted molar refractivity (Wildman–Crippen MR) is 44.4 cm³/mol. The van der Waals surface area contributed by atoms with Crippen LogP contribution < -0.4 is 0 Å². The third-order valence-corrected chi connectivity index (χ3v) is 2.34. The summed E-state index contributed by atoms with van der Waals surface area (Å²) in [4.78, 5) is 10.1. The molecule has 0 amide bonds. The lowest BCUT2D eigenvalue weighted by atomic mass is 10.2. The number of aliphatic carboxylic acids is 1. The molecule has 0 aliphatic carbocycles. The molecule has 0 rings (SSSR count). The Kier molecular flexibility index (Phi) is 3.50. The molecule has 0 saturated carbocycles. The van der Waals surface area contributed by atoms with Crippen LogP contribution in [0, 0.1) is 0 Å². The van der Waals surface area contributed by atoms with Crippen molar-refractivity contribution in [3.05, 3.63) is 12.2 Å². The zero-order chi connectivity index (χ0) is 8.20. The Bertz CT molecular complexity index is 150. The second-order valence-corrected chi connectivity index (χ2v) is 3.94. The number of carboxylic acids is 1. The van der Waals surface area contributed by atoms with Gasteiger partial charge in [0.1, 0.15) is 0 Å². The molecule has 3 heteroatoms. The molecule has 0 unspecified atom stereocenters. The lowest BCUT2D eigenvalue weighted by molar-refractivity contribution is -0.131. The van der Waals surface area contributed by atoms with Crippen LogP contribution >= 0.6 is 11.8 Å². The van der Waals surface area contributed by atoms with Crippen LogP contribution in [0.5, 0.6) is 0 Å². The van der Waals surface area contributed by atoms with Crippen molar-refractivity contribution in [2.24, 2.45) is 0 Å². The van der Waals surface area contributed by atoms with E-state index in [4.69, 9.17) is 5.11 Å². The summed E-state index contributed by atoms with van der Waals surface area (Å²) in [5.74, 6) is -0.887. The number of rotatable bonds is 3. The minimum absolute atomic E-state index is 0.0710. The summed E-state index contributed by atoms with van der Waals surface area (Å²) in [6, 6.07) is 0. The maximum atomic E-state index is 10.1. The van der Waals surface area contributed by atoms with Gasteiger partial charge in [-0.15, -0.1) is 0 Å². The SMILES string of the molecule is CSC(C)(C)/C=C/C(=O)O. The molecule has 1 N–H and O–H groups in total. The predicted octanol–water partition coefficient (Wildman–Crippen LogP) is 1.77. The molecular formula is C7H12O2S. The molecule has 2 nitrogen and oxygen atoms in total. The molecule has 0 aromatic rings. The largest absolute Gasteiger partial charge is 0.478 e. The number of carbonyl (C=O) groups is 1.